The van der Waals surface area contributed by atoms with Crippen LogP contribution in [0.1, 0.15) is 16.2 Å². The fraction of sp³-hybridized carbons (Fsp3) is 0.412. The van der Waals surface area contributed by atoms with Crippen molar-refractivity contribution in [3.8, 4) is 5.75 Å². The molecule has 1 aromatic heterocycles. The Bertz CT molecular complexity index is 896. The maximum atomic E-state index is 12.8. The van der Waals surface area contributed by atoms with Gasteiger partial charge in [0, 0.05) is 19.1 Å². The number of carbonyl (C=O) groups is 1. The quantitative estimate of drug-likeness (QED) is 0.790. The van der Waals surface area contributed by atoms with Crippen LogP contribution in [-0.4, -0.2) is 66.1 Å². The molecule has 1 amide bonds. The summed E-state index contributed by atoms with van der Waals surface area (Å²) >= 11 is 0. The summed E-state index contributed by atoms with van der Waals surface area (Å²) in [6.07, 6.45) is 0. The van der Waals surface area contributed by atoms with Gasteiger partial charge in [-0.05, 0) is 18.2 Å². The van der Waals surface area contributed by atoms with Gasteiger partial charge in [-0.3, -0.25) is 9.89 Å². The number of rotatable bonds is 4. The molecule has 2 aromatic rings. The second kappa shape index (κ2) is 6.73. The molecule has 2 fully saturated rings. The number of aromatic nitrogens is 2. The average Bonchev–Trinajstić information content (AvgIpc) is 3.22. The molecule has 0 unspecified atom stereocenters. The van der Waals surface area contributed by atoms with E-state index >= 15 is 0 Å². The van der Waals surface area contributed by atoms with Gasteiger partial charge in [-0.2, -0.15) is 5.10 Å². The van der Waals surface area contributed by atoms with Crippen LogP contribution in [0, 0.1) is 0 Å². The van der Waals surface area contributed by atoms with Crippen molar-refractivity contribution in [2.24, 2.45) is 0 Å². The highest BCUT2D eigenvalue weighted by Gasteiger charge is 2.44. The second-order valence-electron chi connectivity index (χ2n) is 6.58. The van der Waals surface area contributed by atoms with Crippen LogP contribution in [0.5, 0.6) is 5.75 Å². The monoisotopic (exact) mass is 376 g/mol. The van der Waals surface area contributed by atoms with E-state index < -0.39 is 9.84 Å². The number of carbonyl (C=O) groups excluding carboxylic acids is 1. The van der Waals surface area contributed by atoms with Gasteiger partial charge in [0.25, 0.3) is 5.91 Å². The summed E-state index contributed by atoms with van der Waals surface area (Å²) in [6.45, 7) is 1.32. The summed E-state index contributed by atoms with van der Waals surface area (Å²) in [7, 11) is -3.12. The molecule has 26 heavy (non-hydrogen) atoms. The summed E-state index contributed by atoms with van der Waals surface area (Å²) < 4.78 is 29.5. The van der Waals surface area contributed by atoms with E-state index in [9.17, 15) is 13.2 Å². The van der Waals surface area contributed by atoms with Crippen LogP contribution >= 0.6 is 0 Å². The molecule has 4 rings (SSSR count). The molecule has 1 aromatic carbocycles. The molecule has 0 bridgehead atoms. The van der Waals surface area contributed by atoms with Crippen molar-refractivity contribution >= 4 is 15.7 Å². The third-order valence-corrected chi connectivity index (χ3v) is 6.45. The van der Waals surface area contributed by atoms with E-state index in [2.05, 4.69) is 15.5 Å². The molecule has 2 aliphatic heterocycles. The number of hydrogen-bond acceptors (Lipinski definition) is 6. The van der Waals surface area contributed by atoms with Crippen LogP contribution in [0.4, 0.5) is 0 Å². The number of H-pyrrole nitrogens is 1. The van der Waals surface area contributed by atoms with E-state index in [-0.39, 0.29) is 41.8 Å². The maximum absolute atomic E-state index is 12.8. The highest BCUT2D eigenvalue weighted by Crippen LogP contribution is 2.23. The van der Waals surface area contributed by atoms with Gasteiger partial charge in [0.1, 0.15) is 12.4 Å². The van der Waals surface area contributed by atoms with E-state index in [0.717, 1.165) is 5.75 Å². The number of amides is 1. The first-order valence-electron chi connectivity index (χ1n) is 8.49. The fourth-order valence-corrected chi connectivity index (χ4v) is 5.45. The molecule has 8 nitrogen and oxygen atoms in total. The number of sulfone groups is 1. The Labute approximate surface area is 151 Å². The van der Waals surface area contributed by atoms with Gasteiger partial charge < -0.3 is 15.0 Å². The Morgan fingerprint density at radius 1 is 1.27 bits per heavy atom. The third-order valence-electron chi connectivity index (χ3n) is 4.73. The van der Waals surface area contributed by atoms with Crippen molar-refractivity contribution in [2.75, 3.05) is 24.6 Å². The number of fused-ring (bicyclic) bond motifs is 1. The van der Waals surface area contributed by atoms with E-state index in [0.29, 0.717) is 18.8 Å². The SMILES string of the molecule is O=C(c1cc(COc2ccccc2)[nH]n1)N1CCN[C@@H]2CS(=O)(=O)C[C@@H]21. The van der Waals surface area contributed by atoms with E-state index in [4.69, 9.17) is 4.74 Å². The molecule has 9 heteroatoms. The minimum absolute atomic E-state index is 0.00477. The lowest BCUT2D eigenvalue weighted by molar-refractivity contribution is 0.0615. The molecule has 0 saturated carbocycles. The molecular weight excluding hydrogens is 356 g/mol. The first-order valence-corrected chi connectivity index (χ1v) is 10.3. The second-order valence-corrected chi connectivity index (χ2v) is 8.74. The van der Waals surface area contributed by atoms with Gasteiger partial charge >= 0.3 is 0 Å². The van der Waals surface area contributed by atoms with Gasteiger partial charge in [0.2, 0.25) is 0 Å². The zero-order chi connectivity index (χ0) is 18.1. The van der Waals surface area contributed by atoms with Crippen LogP contribution < -0.4 is 10.1 Å². The number of benzene rings is 1. The normalized spacial score (nSPS) is 24.2. The first kappa shape index (κ1) is 17.0. The van der Waals surface area contributed by atoms with Gasteiger partial charge in [-0.15, -0.1) is 0 Å². The standard InChI is InChI=1S/C17H20N4O4S/c22-17(21-7-6-18-15-10-26(23,24)11-16(15)21)14-8-12(19-20-14)9-25-13-4-2-1-3-5-13/h1-5,8,15-16,18H,6-7,9-11H2,(H,19,20)/t15-,16+/m1/s1. The number of ether oxygens (including phenoxy) is 1. The Morgan fingerprint density at radius 3 is 2.88 bits per heavy atom. The summed E-state index contributed by atoms with van der Waals surface area (Å²) in [5.41, 5.74) is 0.963. The molecule has 3 heterocycles. The maximum Gasteiger partial charge on any atom is 0.274 e. The largest absolute Gasteiger partial charge is 0.487 e. The van der Waals surface area contributed by atoms with Gasteiger partial charge in [0.15, 0.2) is 15.5 Å². The minimum Gasteiger partial charge on any atom is -0.487 e. The Balaban J connectivity index is 1.44. The average molecular weight is 376 g/mol. The van der Waals surface area contributed by atoms with Crippen LogP contribution in [0.3, 0.4) is 0 Å². The van der Waals surface area contributed by atoms with E-state index in [1.54, 1.807) is 11.0 Å². The predicted molar refractivity (Wildman–Crippen MR) is 94.6 cm³/mol. The lowest BCUT2D eigenvalue weighted by Crippen LogP contribution is -2.59. The van der Waals surface area contributed by atoms with Gasteiger partial charge in [-0.1, -0.05) is 18.2 Å². The molecule has 0 radical (unpaired) electrons. The topological polar surface area (TPSA) is 104 Å². The van der Waals surface area contributed by atoms with E-state index in [1.807, 2.05) is 30.3 Å². The zero-order valence-corrected chi connectivity index (χ0v) is 14.9. The number of nitrogens with one attached hydrogen (secondary N) is 2. The van der Waals surface area contributed by atoms with E-state index in [1.165, 1.54) is 0 Å². The number of para-hydroxylation sites is 1. The molecule has 2 atom stereocenters. The first-order chi connectivity index (χ1) is 12.5. The Hall–Kier alpha value is -2.39. The summed E-state index contributed by atoms with van der Waals surface area (Å²) in [4.78, 5) is 14.4. The lowest BCUT2D eigenvalue weighted by Gasteiger charge is -2.36. The molecule has 0 aliphatic carbocycles. The highest BCUT2D eigenvalue weighted by molar-refractivity contribution is 7.91. The zero-order valence-electron chi connectivity index (χ0n) is 14.1. The van der Waals surface area contributed by atoms with Crippen molar-refractivity contribution in [3.63, 3.8) is 0 Å². The fourth-order valence-electron chi connectivity index (χ4n) is 3.49. The minimum atomic E-state index is -3.12. The van der Waals surface area contributed by atoms with Crippen LogP contribution in [0.2, 0.25) is 0 Å². The van der Waals surface area contributed by atoms with Crippen molar-refractivity contribution in [3.05, 3.63) is 47.8 Å². The lowest BCUT2D eigenvalue weighted by atomic mass is 10.1. The third kappa shape index (κ3) is 3.45. The number of nitrogens with zero attached hydrogens (tertiary/aromatic N) is 2. The van der Waals surface area contributed by atoms with Crippen molar-refractivity contribution < 1.29 is 17.9 Å². The summed E-state index contributed by atoms with van der Waals surface area (Å²) in [6, 6.07) is 10.5. The number of aromatic amines is 1. The van der Waals surface area contributed by atoms with Crippen molar-refractivity contribution in [1.29, 1.82) is 0 Å². The van der Waals surface area contributed by atoms with Crippen LogP contribution in [0.25, 0.3) is 0 Å². The molecule has 0 spiro atoms. The van der Waals surface area contributed by atoms with Crippen molar-refractivity contribution in [1.82, 2.24) is 20.4 Å². The van der Waals surface area contributed by atoms with Gasteiger partial charge in [0.05, 0.1) is 23.2 Å². The van der Waals surface area contributed by atoms with Crippen LogP contribution in [-0.2, 0) is 16.4 Å². The Kier molecular flexibility index (Phi) is 4.41. The molecule has 138 valence electrons. The highest BCUT2D eigenvalue weighted by atomic mass is 32.2. The van der Waals surface area contributed by atoms with Crippen molar-refractivity contribution in [2.45, 2.75) is 18.7 Å². The summed E-state index contributed by atoms with van der Waals surface area (Å²) in [5.74, 6) is 0.570. The van der Waals surface area contributed by atoms with Crippen LogP contribution in [0.15, 0.2) is 36.4 Å². The predicted octanol–water partition coefficient (Wildman–Crippen LogP) is 0.200. The smallest absolute Gasteiger partial charge is 0.274 e. The molecule has 2 saturated heterocycles. The molecule has 2 aliphatic rings. The summed E-state index contributed by atoms with van der Waals surface area (Å²) in [5, 5.41) is 10.1. The number of piperazine rings is 1. The molecular formula is C17H20N4O4S. The molecule has 2 N–H and O–H groups in total. The number of hydrogen-bond donors (Lipinski definition) is 2. The Morgan fingerprint density at radius 2 is 2.08 bits per heavy atom. The van der Waals surface area contributed by atoms with Gasteiger partial charge in [-0.25, -0.2) is 8.42 Å².